The molecule has 0 amide bonds. The fourth-order valence-corrected chi connectivity index (χ4v) is 2.17. The van der Waals surface area contributed by atoms with Gasteiger partial charge < -0.3 is 11.1 Å². The minimum absolute atomic E-state index is 0. The van der Waals surface area contributed by atoms with E-state index in [0.29, 0.717) is 5.13 Å². The van der Waals surface area contributed by atoms with E-state index in [1.807, 2.05) is 0 Å². The molecular formula is C7H12BrN3S. The molecule has 68 valence electrons. The van der Waals surface area contributed by atoms with Gasteiger partial charge in [0.15, 0.2) is 5.13 Å². The molecule has 0 saturated heterocycles. The molecule has 0 atom stereocenters. The van der Waals surface area contributed by atoms with Gasteiger partial charge in [-0.3, -0.25) is 0 Å². The SMILES string of the molecule is Br.Nc1nc2c(s1)CNCCC2. The van der Waals surface area contributed by atoms with Gasteiger partial charge in [0, 0.05) is 11.4 Å². The lowest BCUT2D eigenvalue weighted by Crippen LogP contribution is -2.11. The van der Waals surface area contributed by atoms with E-state index in [-0.39, 0.29) is 17.0 Å². The number of aryl methyl sites for hydroxylation is 1. The summed E-state index contributed by atoms with van der Waals surface area (Å²) in [5, 5.41) is 4.04. The van der Waals surface area contributed by atoms with Crippen LogP contribution in [-0.2, 0) is 13.0 Å². The molecule has 2 rings (SSSR count). The van der Waals surface area contributed by atoms with Crippen LogP contribution in [0.15, 0.2) is 0 Å². The van der Waals surface area contributed by atoms with Gasteiger partial charge in [-0.15, -0.1) is 28.3 Å². The van der Waals surface area contributed by atoms with Crippen LogP contribution in [0, 0.1) is 0 Å². The van der Waals surface area contributed by atoms with Gasteiger partial charge in [0.25, 0.3) is 0 Å². The summed E-state index contributed by atoms with van der Waals surface area (Å²) in [6.45, 7) is 2.05. The first kappa shape index (κ1) is 9.95. The first-order valence-electron chi connectivity index (χ1n) is 3.81. The number of halogens is 1. The van der Waals surface area contributed by atoms with Gasteiger partial charge >= 0.3 is 0 Å². The van der Waals surface area contributed by atoms with E-state index < -0.39 is 0 Å². The maximum absolute atomic E-state index is 5.59. The van der Waals surface area contributed by atoms with E-state index >= 15 is 0 Å². The molecule has 1 aromatic heterocycles. The Hall–Kier alpha value is -0.130. The second kappa shape index (κ2) is 4.20. The van der Waals surface area contributed by atoms with E-state index in [2.05, 4.69) is 10.3 Å². The molecule has 1 aliphatic rings. The van der Waals surface area contributed by atoms with Crippen molar-refractivity contribution in [2.45, 2.75) is 19.4 Å². The molecule has 2 heterocycles. The van der Waals surface area contributed by atoms with Crippen molar-refractivity contribution < 1.29 is 0 Å². The van der Waals surface area contributed by atoms with E-state index in [0.717, 1.165) is 19.5 Å². The van der Waals surface area contributed by atoms with Crippen LogP contribution >= 0.6 is 28.3 Å². The summed E-state index contributed by atoms with van der Waals surface area (Å²) in [7, 11) is 0. The Morgan fingerprint density at radius 3 is 3.17 bits per heavy atom. The fourth-order valence-electron chi connectivity index (χ4n) is 1.32. The molecule has 0 saturated carbocycles. The molecule has 0 aliphatic carbocycles. The minimum Gasteiger partial charge on any atom is -0.375 e. The lowest BCUT2D eigenvalue weighted by molar-refractivity contribution is 0.682. The van der Waals surface area contributed by atoms with Gasteiger partial charge in [-0.1, -0.05) is 0 Å². The van der Waals surface area contributed by atoms with Crippen molar-refractivity contribution >= 4 is 33.4 Å². The second-order valence-corrected chi connectivity index (χ2v) is 3.82. The van der Waals surface area contributed by atoms with Crippen LogP contribution in [0.1, 0.15) is 17.0 Å². The first-order chi connectivity index (χ1) is 5.36. The highest BCUT2D eigenvalue weighted by Gasteiger charge is 2.11. The summed E-state index contributed by atoms with van der Waals surface area (Å²) < 4.78 is 0. The van der Waals surface area contributed by atoms with E-state index in [9.17, 15) is 0 Å². The summed E-state index contributed by atoms with van der Waals surface area (Å²) in [5.41, 5.74) is 6.80. The zero-order chi connectivity index (χ0) is 7.68. The molecule has 1 aliphatic heterocycles. The van der Waals surface area contributed by atoms with Crippen molar-refractivity contribution in [3.05, 3.63) is 10.6 Å². The van der Waals surface area contributed by atoms with Crippen LogP contribution in [-0.4, -0.2) is 11.5 Å². The molecule has 12 heavy (non-hydrogen) atoms. The van der Waals surface area contributed by atoms with Gasteiger partial charge in [-0.2, -0.15) is 0 Å². The Balaban J connectivity index is 0.000000720. The van der Waals surface area contributed by atoms with Crippen LogP contribution in [0.3, 0.4) is 0 Å². The van der Waals surface area contributed by atoms with Crippen LogP contribution in [0.25, 0.3) is 0 Å². The smallest absolute Gasteiger partial charge is 0.180 e. The van der Waals surface area contributed by atoms with Gasteiger partial charge in [-0.25, -0.2) is 4.98 Å². The van der Waals surface area contributed by atoms with Crippen LogP contribution in [0.5, 0.6) is 0 Å². The number of fused-ring (bicyclic) bond motifs is 1. The number of aromatic nitrogens is 1. The van der Waals surface area contributed by atoms with Crippen LogP contribution in [0.4, 0.5) is 5.13 Å². The number of rotatable bonds is 0. The first-order valence-corrected chi connectivity index (χ1v) is 4.62. The number of nitrogens with one attached hydrogen (secondary N) is 1. The number of nitrogens with two attached hydrogens (primary N) is 1. The Kier molecular flexibility index (Phi) is 3.49. The van der Waals surface area contributed by atoms with Gasteiger partial charge in [0.1, 0.15) is 0 Å². The standard InChI is InChI=1S/C7H11N3S.BrH/c8-7-10-5-2-1-3-9-4-6(5)11-7;/h9H,1-4H2,(H2,8,10);1H. The van der Waals surface area contributed by atoms with Gasteiger partial charge in [-0.05, 0) is 19.4 Å². The predicted octanol–water partition coefficient (Wildman–Crippen LogP) is 1.34. The Morgan fingerprint density at radius 2 is 2.33 bits per heavy atom. The van der Waals surface area contributed by atoms with E-state index in [1.54, 1.807) is 11.3 Å². The van der Waals surface area contributed by atoms with E-state index in [1.165, 1.54) is 17.0 Å². The Morgan fingerprint density at radius 1 is 1.50 bits per heavy atom. The molecule has 0 unspecified atom stereocenters. The van der Waals surface area contributed by atoms with Crippen LogP contribution in [0.2, 0.25) is 0 Å². The molecule has 0 aromatic carbocycles. The summed E-state index contributed by atoms with van der Waals surface area (Å²) >= 11 is 1.61. The highest BCUT2D eigenvalue weighted by molar-refractivity contribution is 8.93. The zero-order valence-corrected chi connectivity index (χ0v) is 9.20. The third-order valence-corrected chi connectivity index (χ3v) is 2.77. The normalized spacial score (nSPS) is 16.0. The van der Waals surface area contributed by atoms with Crippen molar-refractivity contribution in [2.75, 3.05) is 12.3 Å². The average molecular weight is 250 g/mol. The minimum atomic E-state index is 0. The van der Waals surface area contributed by atoms with Crippen molar-refractivity contribution in [1.29, 1.82) is 0 Å². The van der Waals surface area contributed by atoms with Crippen molar-refractivity contribution in [3.63, 3.8) is 0 Å². The highest BCUT2D eigenvalue weighted by atomic mass is 79.9. The van der Waals surface area contributed by atoms with Crippen LogP contribution < -0.4 is 11.1 Å². The molecular weight excluding hydrogens is 238 g/mol. The summed E-state index contributed by atoms with van der Waals surface area (Å²) in [6, 6.07) is 0. The van der Waals surface area contributed by atoms with E-state index in [4.69, 9.17) is 5.73 Å². The number of nitrogens with zero attached hydrogens (tertiary/aromatic N) is 1. The number of hydrogen-bond donors (Lipinski definition) is 2. The molecule has 3 nitrogen and oxygen atoms in total. The molecule has 3 N–H and O–H groups in total. The molecule has 0 radical (unpaired) electrons. The highest BCUT2D eigenvalue weighted by Crippen LogP contribution is 2.22. The monoisotopic (exact) mass is 249 g/mol. The summed E-state index contributed by atoms with van der Waals surface area (Å²) in [6.07, 6.45) is 2.26. The van der Waals surface area contributed by atoms with Gasteiger partial charge in [0.05, 0.1) is 5.69 Å². The van der Waals surface area contributed by atoms with Crippen molar-refractivity contribution in [1.82, 2.24) is 10.3 Å². The van der Waals surface area contributed by atoms with Crippen molar-refractivity contribution in [2.24, 2.45) is 0 Å². The molecule has 0 fully saturated rings. The van der Waals surface area contributed by atoms with Crippen molar-refractivity contribution in [3.8, 4) is 0 Å². The number of anilines is 1. The maximum atomic E-state index is 5.59. The Labute approximate surface area is 86.1 Å². The summed E-state index contributed by atoms with van der Waals surface area (Å²) in [4.78, 5) is 5.59. The Bertz CT molecular complexity index is 238. The summed E-state index contributed by atoms with van der Waals surface area (Å²) in [5.74, 6) is 0. The zero-order valence-electron chi connectivity index (χ0n) is 6.67. The average Bonchev–Trinajstić information content (AvgIpc) is 2.17. The molecule has 0 spiro atoms. The molecule has 5 heteroatoms. The predicted molar refractivity (Wildman–Crippen MR) is 56.9 cm³/mol. The second-order valence-electron chi connectivity index (χ2n) is 2.70. The topological polar surface area (TPSA) is 50.9 Å². The molecule has 1 aromatic rings. The fraction of sp³-hybridized carbons (Fsp3) is 0.571. The third-order valence-electron chi connectivity index (χ3n) is 1.85. The largest absolute Gasteiger partial charge is 0.375 e. The quantitative estimate of drug-likeness (QED) is 0.730. The lowest BCUT2D eigenvalue weighted by Gasteiger charge is -1.93. The number of nitrogen functional groups attached to an aromatic ring is 1. The lowest BCUT2D eigenvalue weighted by atomic mass is 10.2. The maximum Gasteiger partial charge on any atom is 0.180 e. The number of hydrogen-bond acceptors (Lipinski definition) is 4. The number of thiazole rings is 1. The van der Waals surface area contributed by atoms with Gasteiger partial charge in [0.2, 0.25) is 0 Å². The molecule has 0 bridgehead atoms. The third kappa shape index (κ3) is 1.97.